The lowest BCUT2D eigenvalue weighted by molar-refractivity contribution is -0.124. The lowest BCUT2D eigenvalue weighted by Gasteiger charge is -2.36. The van der Waals surface area contributed by atoms with Gasteiger partial charge in [0.25, 0.3) is 0 Å². The second kappa shape index (κ2) is 8.17. The van der Waals surface area contributed by atoms with E-state index in [4.69, 9.17) is 4.42 Å². The van der Waals surface area contributed by atoms with E-state index in [1.807, 2.05) is 12.1 Å². The van der Waals surface area contributed by atoms with E-state index in [-0.39, 0.29) is 5.91 Å². The highest BCUT2D eigenvalue weighted by atomic mass is 16.3. The van der Waals surface area contributed by atoms with E-state index in [1.165, 1.54) is 12.8 Å². The lowest BCUT2D eigenvalue weighted by atomic mass is 9.78. The molecule has 3 atom stereocenters. The summed E-state index contributed by atoms with van der Waals surface area (Å²) in [6.07, 6.45) is 5.39. The maximum Gasteiger partial charge on any atom is 0.234 e. The van der Waals surface area contributed by atoms with Crippen LogP contribution in [-0.4, -0.2) is 54.5 Å². The Labute approximate surface area is 145 Å². The molecule has 0 spiro atoms. The van der Waals surface area contributed by atoms with Crippen LogP contribution in [0.1, 0.15) is 38.9 Å². The third kappa shape index (κ3) is 4.61. The van der Waals surface area contributed by atoms with Crippen LogP contribution >= 0.6 is 0 Å². The van der Waals surface area contributed by atoms with Gasteiger partial charge in [0.05, 0.1) is 19.4 Å². The number of rotatable bonds is 5. The van der Waals surface area contributed by atoms with Crippen molar-refractivity contribution < 1.29 is 9.21 Å². The van der Waals surface area contributed by atoms with Gasteiger partial charge < -0.3 is 9.73 Å². The fourth-order valence-corrected chi connectivity index (χ4v) is 3.97. The predicted molar refractivity (Wildman–Crippen MR) is 94.5 cm³/mol. The zero-order valence-corrected chi connectivity index (χ0v) is 15.0. The van der Waals surface area contributed by atoms with E-state index < -0.39 is 0 Å². The zero-order valence-electron chi connectivity index (χ0n) is 15.0. The number of nitrogens with zero attached hydrogens (tertiary/aromatic N) is 2. The van der Waals surface area contributed by atoms with Gasteiger partial charge in [0.15, 0.2) is 0 Å². The second-order valence-electron chi connectivity index (χ2n) is 7.57. The van der Waals surface area contributed by atoms with Crippen molar-refractivity contribution in [1.82, 2.24) is 15.1 Å². The molecule has 24 heavy (non-hydrogen) atoms. The fraction of sp³-hybridized carbons (Fsp3) is 0.737. The van der Waals surface area contributed by atoms with Crippen LogP contribution in [0, 0.1) is 11.8 Å². The number of furan rings is 1. The first-order valence-corrected chi connectivity index (χ1v) is 9.38. The van der Waals surface area contributed by atoms with Crippen LogP contribution in [-0.2, 0) is 11.3 Å². The molecule has 0 bridgehead atoms. The summed E-state index contributed by atoms with van der Waals surface area (Å²) in [6, 6.07) is 4.32. The van der Waals surface area contributed by atoms with Crippen molar-refractivity contribution in [3.05, 3.63) is 24.2 Å². The molecule has 1 saturated carbocycles. The van der Waals surface area contributed by atoms with Gasteiger partial charge in [0, 0.05) is 32.2 Å². The molecule has 5 heteroatoms. The number of piperazine rings is 1. The number of carbonyl (C=O) groups is 1. The first-order chi connectivity index (χ1) is 11.6. The topological polar surface area (TPSA) is 48.7 Å². The molecule has 1 aromatic heterocycles. The SMILES string of the molecule is C[C@@H]1[C@H](C)CCC[C@@H]1NC(=O)CN1CCN(Cc2ccco2)CC1. The molecule has 0 unspecified atom stereocenters. The number of nitrogens with one attached hydrogen (secondary N) is 1. The smallest absolute Gasteiger partial charge is 0.234 e. The molecule has 2 heterocycles. The first kappa shape index (κ1) is 17.5. The molecule has 3 rings (SSSR count). The van der Waals surface area contributed by atoms with Crippen molar-refractivity contribution >= 4 is 5.91 Å². The standard InChI is InChI=1S/C19H31N3O2/c1-15-5-3-7-18(16(15)2)20-19(23)14-22-10-8-21(9-11-22)13-17-6-4-12-24-17/h4,6,12,15-16,18H,3,5,7-11,13-14H2,1-2H3,(H,20,23)/t15-,16-,18+/m1/s1. The summed E-state index contributed by atoms with van der Waals surface area (Å²) in [4.78, 5) is 17.0. The summed E-state index contributed by atoms with van der Waals surface area (Å²) in [5, 5.41) is 3.28. The molecule has 0 aromatic carbocycles. The Morgan fingerprint density at radius 1 is 1.21 bits per heavy atom. The van der Waals surface area contributed by atoms with Crippen molar-refractivity contribution in [3.63, 3.8) is 0 Å². The Balaban J connectivity index is 1.38. The Morgan fingerprint density at radius 2 is 1.96 bits per heavy atom. The molecule has 134 valence electrons. The Morgan fingerprint density at radius 3 is 2.67 bits per heavy atom. The Bertz CT molecular complexity index is 509. The Hall–Kier alpha value is -1.33. The summed E-state index contributed by atoms with van der Waals surface area (Å²) in [6.45, 7) is 9.87. The molecule has 1 aliphatic heterocycles. The third-order valence-electron chi connectivity index (χ3n) is 5.84. The van der Waals surface area contributed by atoms with E-state index in [0.29, 0.717) is 24.4 Å². The van der Waals surface area contributed by atoms with Crippen LogP contribution in [0.3, 0.4) is 0 Å². The minimum Gasteiger partial charge on any atom is -0.468 e. The van der Waals surface area contributed by atoms with Crippen molar-refractivity contribution in [3.8, 4) is 0 Å². The largest absolute Gasteiger partial charge is 0.468 e. The molecule has 2 fully saturated rings. The van der Waals surface area contributed by atoms with Crippen molar-refractivity contribution in [2.75, 3.05) is 32.7 Å². The van der Waals surface area contributed by atoms with Gasteiger partial charge in [-0.05, 0) is 30.4 Å². The minimum absolute atomic E-state index is 0.195. The van der Waals surface area contributed by atoms with Crippen LogP contribution in [0.5, 0.6) is 0 Å². The van der Waals surface area contributed by atoms with Gasteiger partial charge in [0.2, 0.25) is 5.91 Å². The summed E-state index contributed by atoms with van der Waals surface area (Å²) in [5.41, 5.74) is 0. The average Bonchev–Trinajstić information content (AvgIpc) is 3.07. The van der Waals surface area contributed by atoms with E-state index in [2.05, 4.69) is 29.0 Å². The third-order valence-corrected chi connectivity index (χ3v) is 5.84. The Kier molecular flexibility index (Phi) is 5.95. The molecule has 1 saturated heterocycles. The van der Waals surface area contributed by atoms with Crippen LogP contribution in [0.25, 0.3) is 0 Å². The van der Waals surface area contributed by atoms with Gasteiger partial charge in [-0.25, -0.2) is 0 Å². The zero-order chi connectivity index (χ0) is 16.9. The second-order valence-corrected chi connectivity index (χ2v) is 7.57. The fourth-order valence-electron chi connectivity index (χ4n) is 3.97. The highest BCUT2D eigenvalue weighted by molar-refractivity contribution is 5.78. The highest BCUT2D eigenvalue weighted by Gasteiger charge is 2.28. The van der Waals surface area contributed by atoms with Crippen LogP contribution in [0.4, 0.5) is 0 Å². The average molecular weight is 333 g/mol. The molecule has 1 amide bonds. The lowest BCUT2D eigenvalue weighted by Crippen LogP contribution is -2.51. The van der Waals surface area contributed by atoms with E-state index >= 15 is 0 Å². The van der Waals surface area contributed by atoms with Gasteiger partial charge in [0.1, 0.15) is 5.76 Å². The van der Waals surface area contributed by atoms with Crippen LogP contribution < -0.4 is 5.32 Å². The number of amides is 1. The maximum atomic E-state index is 12.4. The summed E-state index contributed by atoms with van der Waals surface area (Å²) >= 11 is 0. The van der Waals surface area contributed by atoms with E-state index in [0.717, 1.165) is 44.9 Å². The van der Waals surface area contributed by atoms with Crippen molar-refractivity contribution in [1.29, 1.82) is 0 Å². The maximum absolute atomic E-state index is 12.4. The molecule has 1 aliphatic carbocycles. The van der Waals surface area contributed by atoms with Crippen molar-refractivity contribution in [2.24, 2.45) is 11.8 Å². The molecule has 0 radical (unpaired) electrons. The normalized spacial score (nSPS) is 29.5. The monoisotopic (exact) mass is 333 g/mol. The molecular formula is C19H31N3O2. The molecule has 1 N–H and O–H groups in total. The van der Waals surface area contributed by atoms with Gasteiger partial charge in [-0.3, -0.25) is 14.6 Å². The predicted octanol–water partition coefficient (Wildman–Crippen LogP) is 2.34. The molecule has 1 aromatic rings. The highest BCUT2D eigenvalue weighted by Crippen LogP contribution is 2.29. The number of hydrogen-bond acceptors (Lipinski definition) is 4. The minimum atomic E-state index is 0.195. The first-order valence-electron chi connectivity index (χ1n) is 9.38. The number of carbonyl (C=O) groups excluding carboxylic acids is 1. The van der Waals surface area contributed by atoms with E-state index in [9.17, 15) is 4.79 Å². The van der Waals surface area contributed by atoms with Crippen molar-refractivity contribution in [2.45, 2.75) is 45.7 Å². The summed E-state index contributed by atoms with van der Waals surface area (Å²) < 4.78 is 5.41. The van der Waals surface area contributed by atoms with Gasteiger partial charge in [-0.2, -0.15) is 0 Å². The van der Waals surface area contributed by atoms with Crippen LogP contribution in [0.2, 0.25) is 0 Å². The van der Waals surface area contributed by atoms with Gasteiger partial charge in [-0.1, -0.05) is 26.7 Å². The number of hydrogen-bond donors (Lipinski definition) is 1. The van der Waals surface area contributed by atoms with E-state index in [1.54, 1.807) is 6.26 Å². The van der Waals surface area contributed by atoms with Crippen LogP contribution in [0.15, 0.2) is 22.8 Å². The van der Waals surface area contributed by atoms with Gasteiger partial charge in [-0.15, -0.1) is 0 Å². The summed E-state index contributed by atoms with van der Waals surface area (Å²) in [7, 11) is 0. The molecule has 2 aliphatic rings. The molecule has 5 nitrogen and oxygen atoms in total. The van der Waals surface area contributed by atoms with Gasteiger partial charge >= 0.3 is 0 Å². The summed E-state index contributed by atoms with van der Waals surface area (Å²) in [5.74, 6) is 2.52. The quantitative estimate of drug-likeness (QED) is 0.898. The molecular weight excluding hydrogens is 302 g/mol.